The van der Waals surface area contributed by atoms with Crippen molar-refractivity contribution in [2.45, 2.75) is 71.1 Å². The summed E-state index contributed by atoms with van der Waals surface area (Å²) in [5, 5.41) is 2.91. The van der Waals surface area contributed by atoms with Crippen molar-refractivity contribution >= 4 is 16.2 Å². The molecule has 0 saturated carbocycles. The fourth-order valence-corrected chi connectivity index (χ4v) is 4.61. The maximum Gasteiger partial charge on any atom is 0.407 e. The first-order chi connectivity index (χ1) is 12.0. The van der Waals surface area contributed by atoms with E-state index in [1.54, 1.807) is 0 Å². The van der Waals surface area contributed by atoms with Crippen molar-refractivity contribution in [3.05, 3.63) is 0 Å². The number of nitrogens with zero attached hydrogens (tertiary/aromatic N) is 1. The molecule has 26 heavy (non-hydrogen) atoms. The van der Waals surface area contributed by atoms with E-state index >= 15 is 0 Å². The van der Waals surface area contributed by atoms with Crippen molar-refractivity contribution in [3.8, 4) is 0 Å². The monoisotopic (exact) mass is 390 g/mol. The zero-order valence-electron chi connectivity index (χ0n) is 16.7. The van der Waals surface area contributed by atoms with Crippen molar-refractivity contribution in [3.63, 3.8) is 0 Å². The second-order valence-electron chi connectivity index (χ2n) is 8.55. The van der Waals surface area contributed by atoms with Crippen LogP contribution in [0.1, 0.15) is 53.4 Å². The largest absolute Gasteiger partial charge is 0.442 e. The first-order valence-corrected chi connectivity index (χ1v) is 11.4. The van der Waals surface area contributed by atoms with Crippen LogP contribution >= 0.6 is 0 Å². The molecule has 3 unspecified atom stereocenters. The molecule has 0 aromatic heterocycles. The van der Waals surface area contributed by atoms with Crippen LogP contribution in [0, 0.1) is 11.8 Å². The molecular weight excluding hydrogens is 356 g/mol. The summed E-state index contributed by atoms with van der Waals surface area (Å²) in [6.45, 7) is 10.8. The third-order valence-electron chi connectivity index (χ3n) is 5.57. The van der Waals surface area contributed by atoms with Crippen LogP contribution in [0.4, 0.5) is 4.79 Å². The third-order valence-corrected chi connectivity index (χ3v) is 6.13. The molecule has 1 amide bonds. The Hall–Kier alpha value is -0.860. The summed E-state index contributed by atoms with van der Waals surface area (Å²) in [4.78, 5) is 14.3. The van der Waals surface area contributed by atoms with E-state index in [1.807, 2.05) is 0 Å². The molecule has 3 atom stereocenters. The molecule has 0 aromatic carbocycles. The minimum Gasteiger partial charge on any atom is -0.442 e. The molecule has 2 saturated heterocycles. The number of hydrogen-bond acceptors (Lipinski definition) is 6. The number of rotatable bonds is 7. The van der Waals surface area contributed by atoms with Gasteiger partial charge in [0.25, 0.3) is 10.1 Å². The van der Waals surface area contributed by atoms with Crippen molar-refractivity contribution in [2.24, 2.45) is 11.8 Å². The molecule has 0 bridgehead atoms. The summed E-state index contributed by atoms with van der Waals surface area (Å²) >= 11 is 0. The minimum atomic E-state index is -3.56. The Kier molecular flexibility index (Phi) is 6.96. The first-order valence-electron chi connectivity index (χ1n) is 9.58. The molecule has 2 fully saturated rings. The predicted octanol–water partition coefficient (Wildman–Crippen LogP) is 2.37. The molecule has 2 rings (SSSR count). The van der Waals surface area contributed by atoms with Gasteiger partial charge in [0, 0.05) is 5.54 Å². The molecule has 7 nitrogen and oxygen atoms in total. The van der Waals surface area contributed by atoms with Gasteiger partial charge in [-0.05, 0) is 65.0 Å². The van der Waals surface area contributed by atoms with Crippen LogP contribution in [-0.2, 0) is 19.0 Å². The van der Waals surface area contributed by atoms with E-state index in [4.69, 9.17) is 8.92 Å². The lowest BCUT2D eigenvalue weighted by atomic mass is 9.75. The third kappa shape index (κ3) is 5.82. The van der Waals surface area contributed by atoms with E-state index in [1.165, 1.54) is 0 Å². The average molecular weight is 391 g/mol. The van der Waals surface area contributed by atoms with E-state index in [9.17, 15) is 13.2 Å². The Morgan fingerprint density at radius 2 is 1.92 bits per heavy atom. The predicted molar refractivity (Wildman–Crippen MR) is 100 cm³/mol. The minimum absolute atomic E-state index is 0.122. The zero-order chi connectivity index (χ0) is 19.5. The summed E-state index contributed by atoms with van der Waals surface area (Å²) < 4.78 is 32.9. The zero-order valence-corrected chi connectivity index (χ0v) is 17.5. The summed E-state index contributed by atoms with van der Waals surface area (Å²) in [6, 6.07) is -0.199. The number of cyclic esters (lactones) is 1. The second-order valence-corrected chi connectivity index (χ2v) is 10.2. The van der Waals surface area contributed by atoms with Crippen LogP contribution < -0.4 is 5.32 Å². The highest BCUT2D eigenvalue weighted by molar-refractivity contribution is 7.85. The van der Waals surface area contributed by atoms with Gasteiger partial charge in [-0.2, -0.15) is 8.42 Å². The maximum absolute atomic E-state index is 11.8. The Balaban J connectivity index is 2.06. The molecule has 8 heteroatoms. The number of likely N-dealkylation sites (tertiary alicyclic amines) is 1. The van der Waals surface area contributed by atoms with Gasteiger partial charge >= 0.3 is 6.09 Å². The van der Waals surface area contributed by atoms with Crippen molar-refractivity contribution < 1.29 is 22.1 Å². The molecule has 2 aliphatic heterocycles. The molecule has 0 spiro atoms. The van der Waals surface area contributed by atoms with Gasteiger partial charge in [0.15, 0.2) is 0 Å². The van der Waals surface area contributed by atoms with Crippen LogP contribution in [0.5, 0.6) is 0 Å². The fourth-order valence-electron chi connectivity index (χ4n) is 4.23. The number of carbonyl (C=O) groups excluding carboxylic acids is 1. The molecule has 2 aliphatic rings. The Morgan fingerprint density at radius 3 is 2.42 bits per heavy atom. The molecule has 152 valence electrons. The SMILES string of the molecule is CCCC(C1CCN(C(C)(C)C)CC1)C1NC(=O)OC1COS(C)(=O)=O. The number of nitrogens with one attached hydrogen (secondary N) is 1. The lowest BCUT2D eigenvalue weighted by Gasteiger charge is -2.44. The number of carbonyl (C=O) groups is 1. The number of hydrogen-bond donors (Lipinski definition) is 1. The summed E-state index contributed by atoms with van der Waals surface area (Å²) in [5.74, 6) is 0.753. The van der Waals surface area contributed by atoms with Crippen LogP contribution in [0.25, 0.3) is 0 Å². The lowest BCUT2D eigenvalue weighted by Crippen LogP contribution is -2.50. The van der Waals surface area contributed by atoms with Crippen molar-refractivity contribution in [2.75, 3.05) is 26.0 Å². The Labute approximate surface area is 157 Å². The van der Waals surface area contributed by atoms with Gasteiger partial charge in [0.1, 0.15) is 12.7 Å². The van der Waals surface area contributed by atoms with E-state index in [0.717, 1.165) is 45.0 Å². The Morgan fingerprint density at radius 1 is 1.31 bits per heavy atom. The average Bonchev–Trinajstić information content (AvgIpc) is 2.90. The molecule has 0 aromatic rings. The lowest BCUT2D eigenvalue weighted by molar-refractivity contribution is 0.0399. The number of alkyl carbamates (subject to hydrolysis) is 1. The van der Waals surface area contributed by atoms with Gasteiger partial charge in [-0.1, -0.05) is 13.3 Å². The molecule has 0 aliphatic carbocycles. The van der Waals surface area contributed by atoms with E-state index in [0.29, 0.717) is 5.92 Å². The Bertz CT molecular complexity index is 579. The van der Waals surface area contributed by atoms with E-state index < -0.39 is 22.3 Å². The first kappa shape index (κ1) is 21.4. The second kappa shape index (κ2) is 8.44. The van der Waals surface area contributed by atoms with Crippen LogP contribution in [0.3, 0.4) is 0 Å². The van der Waals surface area contributed by atoms with Gasteiger partial charge in [-0.15, -0.1) is 0 Å². The van der Waals surface area contributed by atoms with Gasteiger partial charge in [-0.25, -0.2) is 4.79 Å². The maximum atomic E-state index is 11.8. The summed E-state index contributed by atoms with van der Waals surface area (Å²) in [7, 11) is -3.56. The van der Waals surface area contributed by atoms with Gasteiger partial charge in [0.05, 0.1) is 12.3 Å². The topological polar surface area (TPSA) is 84.9 Å². The quantitative estimate of drug-likeness (QED) is 0.672. The smallest absolute Gasteiger partial charge is 0.407 e. The van der Waals surface area contributed by atoms with Crippen LogP contribution in [0.2, 0.25) is 0 Å². The molecule has 0 radical (unpaired) electrons. The number of ether oxygens (including phenoxy) is 1. The fraction of sp³-hybridized carbons (Fsp3) is 0.944. The van der Waals surface area contributed by atoms with Crippen LogP contribution in [0.15, 0.2) is 0 Å². The van der Waals surface area contributed by atoms with Gasteiger partial charge in [-0.3, -0.25) is 9.08 Å². The van der Waals surface area contributed by atoms with E-state index in [2.05, 4.69) is 37.9 Å². The summed E-state index contributed by atoms with van der Waals surface area (Å²) in [6.07, 6.45) is 4.11. The number of piperidine rings is 1. The van der Waals surface area contributed by atoms with Crippen molar-refractivity contribution in [1.29, 1.82) is 0 Å². The highest BCUT2D eigenvalue weighted by Gasteiger charge is 2.43. The molecule has 2 heterocycles. The highest BCUT2D eigenvalue weighted by atomic mass is 32.2. The van der Waals surface area contributed by atoms with Crippen LogP contribution in [-0.4, -0.2) is 63.0 Å². The molecular formula is C18H34N2O5S. The van der Waals surface area contributed by atoms with Gasteiger partial charge in [0.2, 0.25) is 0 Å². The molecule has 1 N–H and O–H groups in total. The standard InChI is InChI=1S/C18H34N2O5S/c1-6-7-14(13-8-10-20(11-9-13)18(2,3)4)16-15(25-17(21)19-16)12-24-26(5,22)23/h13-16H,6-12H2,1-5H3,(H,19,21). The van der Waals surface area contributed by atoms with Gasteiger partial charge < -0.3 is 10.1 Å². The summed E-state index contributed by atoms with van der Waals surface area (Å²) in [5.41, 5.74) is 0.168. The van der Waals surface area contributed by atoms with E-state index in [-0.39, 0.29) is 24.1 Å². The highest BCUT2D eigenvalue weighted by Crippen LogP contribution is 2.35. The normalized spacial score (nSPS) is 27.2. The number of amides is 1. The van der Waals surface area contributed by atoms with Crippen molar-refractivity contribution in [1.82, 2.24) is 10.2 Å².